The van der Waals surface area contributed by atoms with Crippen molar-refractivity contribution in [3.05, 3.63) is 27.8 Å². The summed E-state index contributed by atoms with van der Waals surface area (Å²) in [5, 5.41) is 0. The van der Waals surface area contributed by atoms with Gasteiger partial charge in [0.1, 0.15) is 0 Å². The van der Waals surface area contributed by atoms with Gasteiger partial charge in [0.15, 0.2) is 0 Å². The molecule has 0 radical (unpaired) electrons. The summed E-state index contributed by atoms with van der Waals surface area (Å²) in [6.07, 6.45) is 0. The van der Waals surface area contributed by atoms with Crippen LogP contribution in [0, 0.1) is 0 Å². The second-order valence-corrected chi connectivity index (χ2v) is 5.13. The van der Waals surface area contributed by atoms with E-state index in [0.29, 0.717) is 0 Å². The molecule has 0 saturated carbocycles. The molecule has 1 aromatic carbocycles. The molecule has 0 N–H and O–H groups in total. The Morgan fingerprint density at radius 3 is 0.929 bits per heavy atom. The van der Waals surface area contributed by atoms with Crippen molar-refractivity contribution in [1.29, 1.82) is 0 Å². The molecule has 0 amide bonds. The maximum Gasteiger partial charge on any atom is 1.00 e. The Morgan fingerprint density at radius 1 is 0.536 bits per heavy atom. The maximum absolute atomic E-state index is 12.4. The first kappa shape index (κ1) is 25.9. The van der Waals surface area contributed by atoms with Gasteiger partial charge in [0.05, 0.1) is 63.4 Å². The van der Waals surface area contributed by atoms with Crippen molar-refractivity contribution >= 4 is 42.5 Å². The Kier molecular flexibility index (Phi) is 10.2. The average molecular weight is 424 g/mol. The minimum absolute atomic E-state index is 0. The van der Waals surface area contributed by atoms with Crippen LogP contribution in [-0.4, -0.2) is 65.4 Å². The third-order valence-corrected chi connectivity index (χ3v) is 3.87. The van der Waals surface area contributed by atoms with Crippen LogP contribution in [-0.2, 0) is 23.7 Å². The van der Waals surface area contributed by atoms with Crippen molar-refractivity contribution in [2.45, 2.75) is 4.90 Å². The minimum atomic E-state index is -1.21. The smallest absolute Gasteiger partial charge is 1.00 e. The number of esters is 5. The summed E-state index contributed by atoms with van der Waals surface area (Å²) in [7, 11) is 4.93. The second kappa shape index (κ2) is 11.1. The summed E-state index contributed by atoms with van der Waals surface area (Å²) in [4.78, 5) is 61.1. The van der Waals surface area contributed by atoms with Gasteiger partial charge >= 0.3 is 59.4 Å². The maximum atomic E-state index is 12.4. The van der Waals surface area contributed by atoms with E-state index in [-0.39, 0.29) is 31.0 Å². The Labute approximate surface area is 189 Å². The third-order valence-electron chi connectivity index (χ3n) is 3.42. The van der Waals surface area contributed by atoms with E-state index in [4.69, 9.17) is 0 Å². The van der Waals surface area contributed by atoms with Crippen LogP contribution in [0.2, 0.25) is 0 Å². The fourth-order valence-corrected chi connectivity index (χ4v) is 2.66. The predicted octanol–water partition coefficient (Wildman–Crippen LogP) is -1.98. The third kappa shape index (κ3) is 4.66. The molecule has 0 unspecified atom stereocenters. The van der Waals surface area contributed by atoms with Crippen LogP contribution < -0.4 is 29.6 Å². The fraction of sp³-hybridized carbons (Fsp3) is 0.312. The van der Waals surface area contributed by atoms with Crippen LogP contribution in [0.3, 0.4) is 0 Å². The molecular formula is C16H17NaO10S. The number of rotatable bonds is 5. The zero-order valence-electron chi connectivity index (χ0n) is 17.0. The van der Waals surface area contributed by atoms with Gasteiger partial charge in [-0.1, -0.05) is 0 Å². The van der Waals surface area contributed by atoms with Gasteiger partial charge in [0.2, 0.25) is 0 Å². The zero-order chi connectivity index (χ0) is 20.9. The van der Waals surface area contributed by atoms with E-state index in [1.54, 1.807) is 0 Å². The molecule has 0 aliphatic carbocycles. The molecular weight excluding hydrogens is 407 g/mol. The summed E-state index contributed by atoms with van der Waals surface area (Å²) in [5.41, 5.74) is -3.24. The SMILES string of the molecule is COC(=O)c1c(S)c(C(=O)OC)c(C(=O)OC)c(C(=O)OC)c1C(=O)OC.[H-].[Na+]. The summed E-state index contributed by atoms with van der Waals surface area (Å²) in [6, 6.07) is 0. The number of hydrogen-bond donors (Lipinski definition) is 1. The number of benzene rings is 1. The summed E-state index contributed by atoms with van der Waals surface area (Å²) >= 11 is 4.08. The van der Waals surface area contributed by atoms with Gasteiger partial charge in [-0.3, -0.25) is 0 Å². The van der Waals surface area contributed by atoms with E-state index in [1.807, 2.05) is 0 Å². The van der Waals surface area contributed by atoms with E-state index >= 15 is 0 Å². The molecule has 0 fully saturated rings. The molecule has 0 aliphatic rings. The number of thiol groups is 1. The summed E-state index contributed by atoms with van der Waals surface area (Å²) in [5.74, 6) is -5.79. The normalized spacial score (nSPS) is 9.50. The van der Waals surface area contributed by atoms with Crippen LogP contribution in [0.5, 0.6) is 0 Å². The number of hydrogen-bond acceptors (Lipinski definition) is 11. The number of carbonyl (C=O) groups is 5. The van der Waals surface area contributed by atoms with Gasteiger partial charge in [-0.15, -0.1) is 12.6 Å². The van der Waals surface area contributed by atoms with Crippen molar-refractivity contribution < 1.29 is 78.6 Å². The van der Waals surface area contributed by atoms with Crippen LogP contribution >= 0.6 is 12.6 Å². The van der Waals surface area contributed by atoms with E-state index in [2.05, 4.69) is 36.3 Å². The Hall–Kier alpha value is -2.08. The number of methoxy groups -OCH3 is 5. The minimum Gasteiger partial charge on any atom is -1.00 e. The molecule has 0 saturated heterocycles. The van der Waals surface area contributed by atoms with E-state index < -0.39 is 62.6 Å². The fourth-order valence-electron chi connectivity index (χ4n) is 2.26. The molecule has 0 spiro atoms. The average Bonchev–Trinajstić information content (AvgIpc) is 2.69. The Bertz CT molecular complexity index is 782. The Balaban J connectivity index is 0. The molecule has 0 bridgehead atoms. The van der Waals surface area contributed by atoms with Crippen LogP contribution in [0.1, 0.15) is 53.2 Å². The molecule has 0 atom stereocenters. The van der Waals surface area contributed by atoms with Gasteiger partial charge in [-0.05, 0) is 0 Å². The quantitative estimate of drug-likeness (QED) is 0.246. The first-order valence-electron chi connectivity index (χ1n) is 7.06. The topological polar surface area (TPSA) is 132 Å². The van der Waals surface area contributed by atoms with E-state index in [1.165, 1.54) is 0 Å². The van der Waals surface area contributed by atoms with Gasteiger partial charge < -0.3 is 25.1 Å². The number of carbonyl (C=O) groups excluding carboxylic acids is 5. The zero-order valence-corrected chi connectivity index (χ0v) is 18.9. The van der Waals surface area contributed by atoms with Gasteiger partial charge in [0.25, 0.3) is 0 Å². The molecule has 0 heterocycles. The standard InChI is InChI=1S/C16H16O10S.Na.H/c1-22-12(17)6-7(13(18)23-2)9(15(20)25-4)11(27)10(16(21)26-5)8(6)14(19)24-3;;/h27H,1-5H3;;/q;+1;-1. The van der Waals surface area contributed by atoms with Gasteiger partial charge in [-0.2, -0.15) is 0 Å². The second-order valence-electron chi connectivity index (χ2n) is 4.68. The van der Waals surface area contributed by atoms with Crippen molar-refractivity contribution in [3.63, 3.8) is 0 Å². The first-order valence-corrected chi connectivity index (χ1v) is 7.50. The Morgan fingerprint density at radius 2 is 0.714 bits per heavy atom. The largest absolute Gasteiger partial charge is 1.00 e. The van der Waals surface area contributed by atoms with Crippen LogP contribution in [0.25, 0.3) is 0 Å². The molecule has 28 heavy (non-hydrogen) atoms. The van der Waals surface area contributed by atoms with Crippen molar-refractivity contribution in [2.75, 3.05) is 35.5 Å². The van der Waals surface area contributed by atoms with Crippen molar-refractivity contribution in [1.82, 2.24) is 0 Å². The molecule has 12 heteroatoms. The first-order chi connectivity index (χ1) is 12.7. The van der Waals surface area contributed by atoms with Crippen LogP contribution in [0.15, 0.2) is 4.90 Å². The van der Waals surface area contributed by atoms with E-state index in [0.717, 1.165) is 35.5 Å². The van der Waals surface area contributed by atoms with Gasteiger partial charge in [0, 0.05) is 4.90 Å². The van der Waals surface area contributed by atoms with Gasteiger partial charge in [-0.25, -0.2) is 24.0 Å². The molecule has 0 aliphatic heterocycles. The van der Waals surface area contributed by atoms with Crippen molar-refractivity contribution in [2.24, 2.45) is 0 Å². The molecule has 10 nitrogen and oxygen atoms in total. The summed E-state index contributed by atoms with van der Waals surface area (Å²) < 4.78 is 23.0. The molecule has 0 aromatic heterocycles. The predicted molar refractivity (Wildman–Crippen MR) is 91.5 cm³/mol. The molecule has 148 valence electrons. The molecule has 1 rings (SSSR count). The van der Waals surface area contributed by atoms with Crippen LogP contribution in [0.4, 0.5) is 0 Å². The molecule has 1 aromatic rings. The monoisotopic (exact) mass is 424 g/mol. The van der Waals surface area contributed by atoms with E-state index in [9.17, 15) is 24.0 Å². The number of ether oxygens (including phenoxy) is 5. The summed E-state index contributed by atoms with van der Waals surface area (Å²) in [6.45, 7) is 0. The van der Waals surface area contributed by atoms with Crippen molar-refractivity contribution in [3.8, 4) is 0 Å².